The molecular formula is C13H21ClN4. The molecule has 0 aromatic carbocycles. The number of aromatic nitrogens is 2. The van der Waals surface area contributed by atoms with Crippen LogP contribution in [-0.4, -0.2) is 41.0 Å². The summed E-state index contributed by atoms with van der Waals surface area (Å²) in [6.07, 6.45) is 6.58. The quantitative estimate of drug-likeness (QED) is 0.636. The number of hydrogen-bond donors (Lipinski definition) is 1. The Morgan fingerprint density at radius 2 is 2.17 bits per heavy atom. The molecule has 0 bridgehead atoms. The Kier molecular flexibility index (Phi) is 5.20. The van der Waals surface area contributed by atoms with Gasteiger partial charge in [0.15, 0.2) is 0 Å². The fourth-order valence-corrected chi connectivity index (χ4v) is 2.45. The molecule has 0 unspecified atom stereocenters. The fourth-order valence-electron chi connectivity index (χ4n) is 2.31. The molecule has 0 atom stereocenters. The number of anilines is 1. The standard InChI is InChI=1S/C13H21ClN4/c1-2-11-10-16-13(14)17-12(11)15-6-5-9-18-7-3-4-8-18/h10H,2-9H2,1H3,(H,15,16,17). The van der Waals surface area contributed by atoms with E-state index in [1.165, 1.54) is 32.5 Å². The topological polar surface area (TPSA) is 41.1 Å². The van der Waals surface area contributed by atoms with E-state index in [1.54, 1.807) is 6.20 Å². The molecule has 2 heterocycles. The summed E-state index contributed by atoms with van der Waals surface area (Å²) in [6, 6.07) is 0. The van der Waals surface area contributed by atoms with Crippen molar-refractivity contribution in [2.45, 2.75) is 32.6 Å². The van der Waals surface area contributed by atoms with Gasteiger partial charge in [-0.25, -0.2) is 9.97 Å². The van der Waals surface area contributed by atoms with Crippen molar-refractivity contribution in [2.75, 3.05) is 31.5 Å². The lowest BCUT2D eigenvalue weighted by atomic mass is 10.2. The van der Waals surface area contributed by atoms with Crippen molar-refractivity contribution in [1.29, 1.82) is 0 Å². The Labute approximate surface area is 114 Å². The average molecular weight is 269 g/mol. The number of nitrogens with zero attached hydrogens (tertiary/aromatic N) is 3. The van der Waals surface area contributed by atoms with Crippen LogP contribution in [0.25, 0.3) is 0 Å². The molecule has 18 heavy (non-hydrogen) atoms. The monoisotopic (exact) mass is 268 g/mol. The Hall–Kier alpha value is -0.870. The van der Waals surface area contributed by atoms with Crippen molar-refractivity contribution >= 4 is 17.4 Å². The van der Waals surface area contributed by atoms with Crippen molar-refractivity contribution in [3.8, 4) is 0 Å². The highest BCUT2D eigenvalue weighted by molar-refractivity contribution is 6.28. The normalized spacial score (nSPS) is 16.1. The van der Waals surface area contributed by atoms with Crippen molar-refractivity contribution in [3.63, 3.8) is 0 Å². The number of rotatable bonds is 6. The molecule has 1 fully saturated rings. The fraction of sp³-hybridized carbons (Fsp3) is 0.692. The van der Waals surface area contributed by atoms with Gasteiger partial charge in [0.1, 0.15) is 5.82 Å². The lowest BCUT2D eigenvalue weighted by Crippen LogP contribution is -2.22. The maximum atomic E-state index is 5.82. The van der Waals surface area contributed by atoms with Gasteiger partial charge in [-0.3, -0.25) is 0 Å². The Balaban J connectivity index is 1.76. The predicted octanol–water partition coefficient (Wildman–Crippen LogP) is 2.59. The third kappa shape index (κ3) is 3.82. The summed E-state index contributed by atoms with van der Waals surface area (Å²) >= 11 is 5.82. The SMILES string of the molecule is CCc1cnc(Cl)nc1NCCCN1CCCC1. The minimum atomic E-state index is 0.314. The highest BCUT2D eigenvalue weighted by Gasteiger charge is 2.10. The van der Waals surface area contributed by atoms with Gasteiger partial charge in [-0.2, -0.15) is 0 Å². The minimum Gasteiger partial charge on any atom is -0.370 e. The van der Waals surface area contributed by atoms with Gasteiger partial charge >= 0.3 is 0 Å². The van der Waals surface area contributed by atoms with E-state index in [-0.39, 0.29) is 0 Å². The molecule has 4 nitrogen and oxygen atoms in total. The molecule has 100 valence electrons. The van der Waals surface area contributed by atoms with Crippen LogP contribution in [-0.2, 0) is 6.42 Å². The number of hydrogen-bond acceptors (Lipinski definition) is 4. The first-order chi connectivity index (χ1) is 8.79. The molecule has 1 aromatic heterocycles. The first kappa shape index (κ1) is 13.6. The van der Waals surface area contributed by atoms with Gasteiger partial charge in [0.25, 0.3) is 0 Å². The van der Waals surface area contributed by atoms with Crippen LogP contribution in [0.2, 0.25) is 5.28 Å². The summed E-state index contributed by atoms with van der Waals surface area (Å²) in [7, 11) is 0. The molecule has 1 saturated heterocycles. The van der Waals surface area contributed by atoms with E-state index < -0.39 is 0 Å². The van der Waals surface area contributed by atoms with Crippen molar-refractivity contribution in [2.24, 2.45) is 0 Å². The maximum absolute atomic E-state index is 5.82. The van der Waals surface area contributed by atoms with Crippen LogP contribution in [0.5, 0.6) is 0 Å². The van der Waals surface area contributed by atoms with E-state index in [1.807, 2.05) is 0 Å². The van der Waals surface area contributed by atoms with Crippen LogP contribution >= 0.6 is 11.6 Å². The van der Waals surface area contributed by atoms with Gasteiger partial charge in [0.2, 0.25) is 5.28 Å². The molecule has 0 amide bonds. The third-order valence-corrected chi connectivity index (χ3v) is 3.54. The van der Waals surface area contributed by atoms with Crippen LogP contribution in [0, 0.1) is 0 Å². The van der Waals surface area contributed by atoms with E-state index in [4.69, 9.17) is 11.6 Å². The van der Waals surface area contributed by atoms with Gasteiger partial charge < -0.3 is 10.2 Å². The molecule has 1 N–H and O–H groups in total. The van der Waals surface area contributed by atoms with E-state index in [2.05, 4.69) is 27.1 Å². The zero-order chi connectivity index (χ0) is 12.8. The van der Waals surface area contributed by atoms with Gasteiger partial charge in [-0.1, -0.05) is 6.92 Å². The summed E-state index contributed by atoms with van der Waals surface area (Å²) in [6.45, 7) is 6.74. The number of nitrogens with one attached hydrogen (secondary N) is 1. The number of halogens is 1. The first-order valence-corrected chi connectivity index (χ1v) is 7.15. The van der Waals surface area contributed by atoms with Gasteiger partial charge in [0.05, 0.1) is 0 Å². The highest BCUT2D eigenvalue weighted by atomic mass is 35.5. The summed E-state index contributed by atoms with van der Waals surface area (Å²) in [5, 5.41) is 3.68. The van der Waals surface area contributed by atoms with E-state index in [9.17, 15) is 0 Å². The smallest absolute Gasteiger partial charge is 0.224 e. The van der Waals surface area contributed by atoms with Crippen molar-refractivity contribution < 1.29 is 0 Å². The van der Waals surface area contributed by atoms with E-state index >= 15 is 0 Å². The molecule has 0 aliphatic carbocycles. The Bertz CT molecular complexity index is 377. The van der Waals surface area contributed by atoms with Crippen LogP contribution in [0.3, 0.4) is 0 Å². The van der Waals surface area contributed by atoms with Gasteiger partial charge in [-0.15, -0.1) is 0 Å². The zero-order valence-corrected chi connectivity index (χ0v) is 11.7. The molecule has 1 aliphatic rings. The summed E-state index contributed by atoms with van der Waals surface area (Å²) in [5.41, 5.74) is 1.13. The van der Waals surface area contributed by atoms with E-state index in [0.29, 0.717) is 5.28 Å². The van der Waals surface area contributed by atoms with Crippen LogP contribution < -0.4 is 5.32 Å². The lowest BCUT2D eigenvalue weighted by Gasteiger charge is -2.15. The van der Waals surface area contributed by atoms with Crippen LogP contribution in [0.4, 0.5) is 5.82 Å². The summed E-state index contributed by atoms with van der Waals surface area (Å²) < 4.78 is 0. The molecule has 1 aromatic rings. The van der Waals surface area contributed by atoms with Crippen LogP contribution in [0.15, 0.2) is 6.20 Å². The maximum Gasteiger partial charge on any atom is 0.224 e. The lowest BCUT2D eigenvalue weighted by molar-refractivity contribution is 0.337. The molecule has 0 saturated carbocycles. The summed E-state index contributed by atoms with van der Waals surface area (Å²) in [4.78, 5) is 10.8. The molecule has 0 radical (unpaired) electrons. The Morgan fingerprint density at radius 1 is 1.39 bits per heavy atom. The minimum absolute atomic E-state index is 0.314. The second-order valence-electron chi connectivity index (χ2n) is 4.70. The zero-order valence-electron chi connectivity index (χ0n) is 11.0. The highest BCUT2D eigenvalue weighted by Crippen LogP contribution is 2.14. The molecule has 1 aliphatic heterocycles. The second-order valence-corrected chi connectivity index (χ2v) is 5.03. The first-order valence-electron chi connectivity index (χ1n) is 6.77. The Morgan fingerprint density at radius 3 is 2.89 bits per heavy atom. The number of aryl methyl sites for hydroxylation is 1. The predicted molar refractivity (Wildman–Crippen MR) is 75.2 cm³/mol. The second kappa shape index (κ2) is 6.90. The average Bonchev–Trinajstić information content (AvgIpc) is 2.88. The molecule has 0 spiro atoms. The van der Waals surface area contributed by atoms with Crippen LogP contribution in [0.1, 0.15) is 31.7 Å². The molecule has 5 heteroatoms. The van der Waals surface area contributed by atoms with Crippen molar-refractivity contribution in [1.82, 2.24) is 14.9 Å². The number of likely N-dealkylation sites (tertiary alicyclic amines) is 1. The van der Waals surface area contributed by atoms with Gasteiger partial charge in [-0.05, 0) is 56.9 Å². The van der Waals surface area contributed by atoms with Crippen molar-refractivity contribution in [3.05, 3.63) is 17.0 Å². The largest absolute Gasteiger partial charge is 0.370 e. The van der Waals surface area contributed by atoms with E-state index in [0.717, 1.165) is 30.8 Å². The van der Waals surface area contributed by atoms with Gasteiger partial charge in [0, 0.05) is 18.3 Å². The summed E-state index contributed by atoms with van der Waals surface area (Å²) in [5.74, 6) is 0.888. The third-order valence-electron chi connectivity index (χ3n) is 3.36. The molecular weight excluding hydrogens is 248 g/mol. The molecule has 2 rings (SSSR count).